The Morgan fingerprint density at radius 3 is 2.39 bits per heavy atom. The molecule has 0 bridgehead atoms. The van der Waals surface area contributed by atoms with Gasteiger partial charge in [0.25, 0.3) is 0 Å². The summed E-state index contributed by atoms with van der Waals surface area (Å²) >= 11 is 0. The van der Waals surface area contributed by atoms with E-state index in [1.54, 1.807) is 6.07 Å². The van der Waals surface area contributed by atoms with Gasteiger partial charge >= 0.3 is 12.1 Å². The van der Waals surface area contributed by atoms with E-state index in [1.165, 1.54) is 30.7 Å². The lowest BCUT2D eigenvalue weighted by atomic mass is 10.0. The summed E-state index contributed by atoms with van der Waals surface area (Å²) in [6.45, 7) is 1.50. The van der Waals surface area contributed by atoms with Crippen molar-refractivity contribution in [2.45, 2.75) is 38.5 Å². The number of ether oxygens (including phenoxy) is 1. The van der Waals surface area contributed by atoms with E-state index in [2.05, 4.69) is 0 Å². The van der Waals surface area contributed by atoms with Gasteiger partial charge in [-0.1, -0.05) is 24.3 Å². The van der Waals surface area contributed by atoms with Crippen molar-refractivity contribution < 1.29 is 27.5 Å². The van der Waals surface area contributed by atoms with E-state index < -0.39 is 23.8 Å². The first-order valence-corrected chi connectivity index (χ1v) is 8.96. The fourth-order valence-corrected chi connectivity index (χ4v) is 3.17. The molecule has 2 aromatic carbocycles. The van der Waals surface area contributed by atoms with Gasteiger partial charge in [-0.2, -0.15) is 13.2 Å². The summed E-state index contributed by atoms with van der Waals surface area (Å²) < 4.78 is 42.8. The molecule has 0 saturated carbocycles. The Labute approximate surface area is 160 Å². The maximum absolute atomic E-state index is 12.5. The Bertz CT molecular complexity index is 912. The highest BCUT2D eigenvalue weighted by molar-refractivity contribution is 6.01. The quantitative estimate of drug-likeness (QED) is 0.410. The van der Waals surface area contributed by atoms with Crippen molar-refractivity contribution in [1.82, 2.24) is 0 Å². The SMILES string of the molecule is C[C@@H](OC(=O)/C=C/c1ccc(C(F)(F)F)cc1)C(=O)c1ccc2c(c1)CCC2. The van der Waals surface area contributed by atoms with Crippen LogP contribution < -0.4 is 0 Å². The highest BCUT2D eigenvalue weighted by Gasteiger charge is 2.29. The van der Waals surface area contributed by atoms with Gasteiger partial charge < -0.3 is 4.74 Å². The van der Waals surface area contributed by atoms with Gasteiger partial charge in [-0.3, -0.25) is 4.79 Å². The van der Waals surface area contributed by atoms with Gasteiger partial charge in [0.05, 0.1) is 5.56 Å². The molecule has 0 spiro atoms. The third-order valence-corrected chi connectivity index (χ3v) is 4.70. The molecule has 0 amide bonds. The molecule has 1 aliphatic rings. The molecule has 1 atom stereocenters. The van der Waals surface area contributed by atoms with Gasteiger partial charge in [0.1, 0.15) is 0 Å². The van der Waals surface area contributed by atoms with Gasteiger partial charge in [-0.05, 0) is 67.2 Å². The van der Waals surface area contributed by atoms with Crippen LogP contribution in [0.5, 0.6) is 0 Å². The van der Waals surface area contributed by atoms with E-state index in [0.717, 1.165) is 43.0 Å². The van der Waals surface area contributed by atoms with Crippen molar-refractivity contribution in [2.24, 2.45) is 0 Å². The second-order valence-corrected chi connectivity index (χ2v) is 6.73. The van der Waals surface area contributed by atoms with Crippen molar-refractivity contribution in [3.8, 4) is 0 Å². The fraction of sp³-hybridized carbons (Fsp3) is 0.273. The van der Waals surface area contributed by atoms with Gasteiger partial charge in [-0.25, -0.2) is 4.79 Å². The summed E-state index contributed by atoms with van der Waals surface area (Å²) in [5.41, 5.74) is 2.57. The summed E-state index contributed by atoms with van der Waals surface area (Å²) in [7, 11) is 0. The van der Waals surface area contributed by atoms with E-state index >= 15 is 0 Å². The summed E-state index contributed by atoms with van der Waals surface area (Å²) in [5, 5.41) is 0. The molecule has 1 aliphatic carbocycles. The molecule has 146 valence electrons. The van der Waals surface area contributed by atoms with E-state index in [-0.39, 0.29) is 5.78 Å². The molecular weight excluding hydrogens is 369 g/mol. The second kappa shape index (κ2) is 8.00. The summed E-state index contributed by atoms with van der Waals surface area (Å²) in [4.78, 5) is 24.4. The van der Waals surface area contributed by atoms with Crippen molar-refractivity contribution in [2.75, 3.05) is 0 Å². The van der Waals surface area contributed by atoms with Crippen LogP contribution >= 0.6 is 0 Å². The van der Waals surface area contributed by atoms with Crippen LogP contribution in [0.4, 0.5) is 13.2 Å². The van der Waals surface area contributed by atoms with Crippen molar-refractivity contribution in [3.05, 3.63) is 76.4 Å². The Morgan fingerprint density at radius 2 is 1.71 bits per heavy atom. The number of hydrogen-bond donors (Lipinski definition) is 0. The van der Waals surface area contributed by atoms with E-state index in [9.17, 15) is 22.8 Å². The normalized spacial score (nSPS) is 14.7. The third-order valence-electron chi connectivity index (χ3n) is 4.70. The van der Waals surface area contributed by atoms with Crippen LogP contribution in [0, 0.1) is 0 Å². The number of rotatable bonds is 5. The third kappa shape index (κ3) is 4.68. The number of carbonyl (C=O) groups excluding carboxylic acids is 2. The molecule has 6 heteroatoms. The highest BCUT2D eigenvalue weighted by atomic mass is 19.4. The number of ketones is 1. The predicted octanol–water partition coefficient (Wildman–Crippen LogP) is 5.02. The first-order valence-electron chi connectivity index (χ1n) is 8.96. The summed E-state index contributed by atoms with van der Waals surface area (Å²) in [6, 6.07) is 9.92. The van der Waals surface area contributed by atoms with Crippen LogP contribution in [0.15, 0.2) is 48.5 Å². The number of esters is 1. The second-order valence-electron chi connectivity index (χ2n) is 6.73. The predicted molar refractivity (Wildman–Crippen MR) is 98.8 cm³/mol. The van der Waals surface area contributed by atoms with Crippen LogP contribution in [0.3, 0.4) is 0 Å². The lowest BCUT2D eigenvalue weighted by Gasteiger charge is -2.12. The molecule has 3 rings (SSSR count). The Kier molecular flexibility index (Phi) is 5.68. The average Bonchev–Trinajstić information content (AvgIpc) is 3.13. The van der Waals surface area contributed by atoms with E-state index in [1.807, 2.05) is 12.1 Å². The van der Waals surface area contributed by atoms with Crippen LogP contribution in [0.2, 0.25) is 0 Å². The van der Waals surface area contributed by atoms with Gasteiger partial charge in [-0.15, -0.1) is 0 Å². The number of aryl methyl sites for hydroxylation is 2. The Balaban J connectivity index is 1.59. The molecule has 0 aliphatic heterocycles. The number of hydrogen-bond acceptors (Lipinski definition) is 3. The summed E-state index contributed by atoms with van der Waals surface area (Å²) in [6.07, 6.45) is 0.110. The number of halogens is 3. The van der Waals surface area contributed by atoms with Crippen molar-refractivity contribution in [1.29, 1.82) is 0 Å². The molecular formula is C22H19F3O3. The van der Waals surface area contributed by atoms with Crippen molar-refractivity contribution >= 4 is 17.8 Å². The monoisotopic (exact) mass is 388 g/mol. The Morgan fingerprint density at radius 1 is 1.04 bits per heavy atom. The maximum atomic E-state index is 12.5. The number of carbonyl (C=O) groups is 2. The number of Topliss-reactive ketones (excluding diaryl/α,β-unsaturated/α-hetero) is 1. The fourth-order valence-electron chi connectivity index (χ4n) is 3.17. The first-order chi connectivity index (χ1) is 13.2. The van der Waals surface area contributed by atoms with Gasteiger partial charge in [0, 0.05) is 11.6 Å². The minimum atomic E-state index is -4.41. The van der Waals surface area contributed by atoms with Crippen LogP contribution in [-0.4, -0.2) is 17.9 Å². The average molecular weight is 388 g/mol. The number of benzene rings is 2. The zero-order valence-corrected chi connectivity index (χ0v) is 15.3. The largest absolute Gasteiger partial charge is 0.451 e. The maximum Gasteiger partial charge on any atom is 0.416 e. The molecule has 0 N–H and O–H groups in total. The molecule has 0 heterocycles. The standard InChI is InChI=1S/C22H19F3O3/c1-14(21(27)18-9-8-16-3-2-4-17(16)13-18)28-20(26)12-7-15-5-10-19(11-6-15)22(23,24)25/h5-14H,2-4H2,1H3/b12-7+/t14-/m1/s1. The molecule has 2 aromatic rings. The molecule has 0 unspecified atom stereocenters. The van der Waals surface area contributed by atoms with Crippen LogP contribution in [-0.2, 0) is 28.5 Å². The van der Waals surface area contributed by atoms with Crippen LogP contribution in [0.25, 0.3) is 6.08 Å². The molecule has 0 saturated heterocycles. The highest BCUT2D eigenvalue weighted by Crippen LogP contribution is 2.29. The lowest BCUT2D eigenvalue weighted by molar-refractivity contribution is -0.140. The topological polar surface area (TPSA) is 43.4 Å². The molecule has 28 heavy (non-hydrogen) atoms. The molecule has 0 radical (unpaired) electrons. The lowest BCUT2D eigenvalue weighted by Crippen LogP contribution is -2.23. The Hall–Kier alpha value is -2.89. The number of fused-ring (bicyclic) bond motifs is 1. The molecule has 3 nitrogen and oxygen atoms in total. The van der Waals surface area contributed by atoms with Gasteiger partial charge in [0.15, 0.2) is 6.10 Å². The zero-order chi connectivity index (χ0) is 20.3. The molecule has 0 fully saturated rings. The van der Waals surface area contributed by atoms with E-state index in [0.29, 0.717) is 11.1 Å². The van der Waals surface area contributed by atoms with Crippen LogP contribution in [0.1, 0.15) is 46.0 Å². The summed E-state index contributed by atoms with van der Waals surface area (Å²) in [5.74, 6) is -1.02. The van der Waals surface area contributed by atoms with Gasteiger partial charge in [0.2, 0.25) is 5.78 Å². The van der Waals surface area contributed by atoms with Crippen molar-refractivity contribution in [3.63, 3.8) is 0 Å². The molecule has 0 aromatic heterocycles. The minimum Gasteiger partial charge on any atom is -0.451 e. The zero-order valence-electron chi connectivity index (χ0n) is 15.3. The van der Waals surface area contributed by atoms with E-state index in [4.69, 9.17) is 4.74 Å². The number of alkyl halides is 3. The smallest absolute Gasteiger partial charge is 0.416 e. The first kappa shape index (κ1) is 19.9. The minimum absolute atomic E-state index is 0.286.